The fourth-order valence-electron chi connectivity index (χ4n) is 2.31. The van der Waals surface area contributed by atoms with Gasteiger partial charge in [0.05, 0.1) is 24.9 Å². The van der Waals surface area contributed by atoms with Crippen molar-refractivity contribution in [2.45, 2.75) is 37.6 Å². The number of rotatable bonds is 4. The summed E-state index contributed by atoms with van der Waals surface area (Å²) < 4.78 is 0. The van der Waals surface area contributed by atoms with Crippen molar-refractivity contribution < 1.29 is 20.1 Å². The van der Waals surface area contributed by atoms with Crippen LogP contribution in [0.15, 0.2) is 0 Å². The molecule has 4 atom stereocenters. The molecule has 1 aliphatic heterocycles. The first-order chi connectivity index (χ1) is 7.56. The monoisotopic (exact) mass is 232 g/mol. The van der Waals surface area contributed by atoms with Crippen LogP contribution in [0.25, 0.3) is 0 Å². The molecule has 16 heavy (non-hydrogen) atoms. The van der Waals surface area contributed by atoms with Gasteiger partial charge in [-0.1, -0.05) is 6.92 Å². The highest BCUT2D eigenvalue weighted by molar-refractivity contribution is 5.76. The molecule has 1 amide bonds. The number of nitrogens with zero attached hydrogens (tertiary/aromatic N) is 1. The van der Waals surface area contributed by atoms with E-state index in [4.69, 9.17) is 5.11 Å². The Hall–Kier alpha value is -0.690. The third-order valence-corrected chi connectivity index (χ3v) is 3.22. The molecular weight excluding hydrogens is 212 g/mol. The molecule has 0 unspecified atom stereocenters. The van der Waals surface area contributed by atoms with E-state index in [1.807, 2.05) is 6.92 Å². The minimum atomic E-state index is -1.00. The van der Waals surface area contributed by atoms with Crippen molar-refractivity contribution in [3.05, 3.63) is 0 Å². The first kappa shape index (κ1) is 13.4. The molecule has 0 aromatic carbocycles. The molecule has 0 bridgehead atoms. The predicted octanol–water partition coefficient (Wildman–Crippen LogP) is -2.09. The topological polar surface area (TPSA) is 93.0 Å². The zero-order valence-electron chi connectivity index (χ0n) is 9.63. The van der Waals surface area contributed by atoms with Crippen LogP contribution in [0.4, 0.5) is 0 Å². The second-order valence-electron chi connectivity index (χ2n) is 4.01. The largest absolute Gasteiger partial charge is 0.395 e. The molecule has 0 aromatic heterocycles. The van der Waals surface area contributed by atoms with Gasteiger partial charge < -0.3 is 20.6 Å². The molecular formula is C10H20N2O4. The zero-order chi connectivity index (χ0) is 12.3. The third-order valence-electron chi connectivity index (χ3n) is 3.22. The molecule has 6 nitrogen and oxygen atoms in total. The van der Waals surface area contributed by atoms with Crippen LogP contribution in [0.3, 0.4) is 0 Å². The molecule has 1 saturated heterocycles. The summed E-state index contributed by atoms with van der Waals surface area (Å²) in [5, 5.41) is 31.2. The van der Waals surface area contributed by atoms with Crippen LogP contribution < -0.4 is 5.32 Å². The molecule has 1 rings (SSSR count). The average Bonchev–Trinajstić information content (AvgIpc) is 2.52. The summed E-state index contributed by atoms with van der Waals surface area (Å²) in [6.45, 7) is 2.21. The smallest absolute Gasteiger partial charge is 0.221 e. The van der Waals surface area contributed by atoms with Gasteiger partial charge in [-0.15, -0.1) is 0 Å². The lowest BCUT2D eigenvalue weighted by Crippen LogP contribution is -2.43. The lowest BCUT2D eigenvalue weighted by molar-refractivity contribution is -0.122. The number of carbonyl (C=O) groups is 1. The van der Waals surface area contributed by atoms with Gasteiger partial charge in [0, 0.05) is 19.5 Å². The van der Waals surface area contributed by atoms with Crippen molar-refractivity contribution in [3.63, 3.8) is 0 Å². The number of likely N-dealkylation sites (N-methyl/N-ethyl adjacent to an activating group) is 1. The Kier molecular flexibility index (Phi) is 4.67. The Labute approximate surface area is 94.9 Å². The van der Waals surface area contributed by atoms with E-state index in [1.54, 1.807) is 4.90 Å². The lowest BCUT2D eigenvalue weighted by Gasteiger charge is -2.27. The summed E-state index contributed by atoms with van der Waals surface area (Å²) in [5.41, 5.74) is 0. The summed E-state index contributed by atoms with van der Waals surface area (Å²) >= 11 is 0. The molecule has 1 aliphatic rings. The molecule has 4 N–H and O–H groups in total. The normalized spacial score (nSPS) is 35.3. The average molecular weight is 232 g/mol. The molecule has 1 fully saturated rings. The molecule has 6 heteroatoms. The van der Waals surface area contributed by atoms with Gasteiger partial charge in [-0.05, 0) is 6.54 Å². The molecule has 0 spiro atoms. The van der Waals surface area contributed by atoms with E-state index in [0.717, 1.165) is 0 Å². The maximum atomic E-state index is 11.3. The van der Waals surface area contributed by atoms with Crippen LogP contribution >= 0.6 is 0 Å². The number of carbonyl (C=O) groups excluding carboxylic acids is 1. The van der Waals surface area contributed by atoms with E-state index in [1.165, 1.54) is 7.05 Å². The minimum absolute atomic E-state index is 0.124. The lowest BCUT2D eigenvalue weighted by atomic mass is 10.1. The van der Waals surface area contributed by atoms with Crippen LogP contribution in [-0.2, 0) is 4.79 Å². The zero-order valence-corrected chi connectivity index (χ0v) is 9.63. The van der Waals surface area contributed by atoms with E-state index in [9.17, 15) is 15.0 Å². The Morgan fingerprint density at radius 1 is 1.31 bits per heavy atom. The van der Waals surface area contributed by atoms with Crippen LogP contribution in [0, 0.1) is 0 Å². The van der Waals surface area contributed by atoms with Gasteiger partial charge in [-0.3, -0.25) is 9.69 Å². The number of likely N-dealkylation sites (tertiary alicyclic amines) is 1. The number of nitrogens with one attached hydrogen (secondary N) is 1. The summed E-state index contributed by atoms with van der Waals surface area (Å²) in [6, 6.07) is -0.924. The number of hydrogen-bond acceptors (Lipinski definition) is 5. The Morgan fingerprint density at radius 3 is 2.31 bits per heavy atom. The fraction of sp³-hybridized carbons (Fsp3) is 0.900. The second kappa shape index (κ2) is 5.58. The van der Waals surface area contributed by atoms with E-state index < -0.39 is 24.3 Å². The van der Waals surface area contributed by atoms with Gasteiger partial charge >= 0.3 is 0 Å². The Bertz CT molecular complexity index is 249. The Balaban J connectivity index is 2.77. The second-order valence-corrected chi connectivity index (χ2v) is 4.01. The van der Waals surface area contributed by atoms with Gasteiger partial charge in [-0.2, -0.15) is 0 Å². The highest BCUT2D eigenvalue weighted by Crippen LogP contribution is 2.26. The van der Waals surface area contributed by atoms with Crippen LogP contribution in [0.1, 0.15) is 13.3 Å². The van der Waals surface area contributed by atoms with Crippen LogP contribution in [0.5, 0.6) is 0 Å². The molecule has 0 saturated carbocycles. The first-order valence-corrected chi connectivity index (χ1v) is 5.50. The van der Waals surface area contributed by atoms with E-state index in [-0.39, 0.29) is 18.9 Å². The first-order valence-electron chi connectivity index (χ1n) is 5.50. The van der Waals surface area contributed by atoms with E-state index in [0.29, 0.717) is 6.54 Å². The van der Waals surface area contributed by atoms with E-state index in [2.05, 4.69) is 5.32 Å². The van der Waals surface area contributed by atoms with Crippen LogP contribution in [-0.4, -0.2) is 70.6 Å². The standard InChI is InChI=1S/C10H20N2O4/c1-3-12-6(4-8(14)11-2)9(15)10(16)7(12)5-13/h6-7,9-10,13,15-16H,3-5H2,1-2H3,(H,11,14)/t6-,7-,9+,10-/m1/s1. The molecule has 0 aromatic rings. The maximum absolute atomic E-state index is 11.3. The highest BCUT2D eigenvalue weighted by Gasteiger charge is 2.46. The Morgan fingerprint density at radius 2 is 1.88 bits per heavy atom. The summed E-state index contributed by atoms with van der Waals surface area (Å²) in [4.78, 5) is 13.1. The van der Waals surface area contributed by atoms with Crippen molar-refractivity contribution in [3.8, 4) is 0 Å². The van der Waals surface area contributed by atoms with Gasteiger partial charge in [-0.25, -0.2) is 0 Å². The summed E-state index contributed by atoms with van der Waals surface area (Å²) in [6.07, 6.45) is -1.87. The fourth-order valence-corrected chi connectivity index (χ4v) is 2.31. The number of amides is 1. The van der Waals surface area contributed by atoms with Crippen molar-refractivity contribution >= 4 is 5.91 Å². The summed E-state index contributed by atoms with van der Waals surface area (Å²) in [5.74, 6) is -0.187. The van der Waals surface area contributed by atoms with E-state index >= 15 is 0 Å². The quantitative estimate of drug-likeness (QED) is 0.446. The highest BCUT2D eigenvalue weighted by atomic mass is 16.3. The van der Waals surface area contributed by atoms with Crippen molar-refractivity contribution in [2.24, 2.45) is 0 Å². The van der Waals surface area contributed by atoms with Gasteiger partial charge in [0.25, 0.3) is 0 Å². The van der Waals surface area contributed by atoms with Crippen LogP contribution in [0.2, 0.25) is 0 Å². The summed E-state index contributed by atoms with van der Waals surface area (Å²) in [7, 11) is 1.53. The van der Waals surface area contributed by atoms with Crippen molar-refractivity contribution in [2.75, 3.05) is 20.2 Å². The molecule has 94 valence electrons. The number of aliphatic hydroxyl groups excluding tert-OH is 3. The third kappa shape index (κ3) is 2.35. The SMILES string of the molecule is CCN1[C@H](CC(=O)NC)[C@H](O)[C@H](O)[C@H]1CO. The van der Waals surface area contributed by atoms with Crippen molar-refractivity contribution in [1.29, 1.82) is 0 Å². The van der Waals surface area contributed by atoms with Crippen molar-refractivity contribution in [1.82, 2.24) is 10.2 Å². The number of hydrogen-bond donors (Lipinski definition) is 4. The molecule has 0 radical (unpaired) electrons. The number of aliphatic hydroxyl groups is 3. The molecule has 0 aliphatic carbocycles. The maximum Gasteiger partial charge on any atom is 0.221 e. The minimum Gasteiger partial charge on any atom is -0.395 e. The van der Waals surface area contributed by atoms with Gasteiger partial charge in [0.2, 0.25) is 5.91 Å². The predicted molar refractivity (Wildman–Crippen MR) is 57.7 cm³/mol. The molecule has 1 heterocycles. The van der Waals surface area contributed by atoms with Gasteiger partial charge in [0.1, 0.15) is 0 Å². The van der Waals surface area contributed by atoms with Gasteiger partial charge in [0.15, 0.2) is 0 Å².